The molecule has 6 rings (SSSR count). The lowest BCUT2D eigenvalue weighted by Crippen LogP contribution is -2.34. The van der Waals surface area contributed by atoms with Crippen molar-refractivity contribution in [3.8, 4) is 11.5 Å². The van der Waals surface area contributed by atoms with Gasteiger partial charge < -0.3 is 14.4 Å². The molecule has 0 radical (unpaired) electrons. The number of methoxy groups -OCH3 is 2. The predicted octanol–water partition coefficient (Wildman–Crippen LogP) is 11.4. The van der Waals surface area contributed by atoms with Crippen molar-refractivity contribution in [2.45, 2.75) is 65.9 Å². The van der Waals surface area contributed by atoms with Gasteiger partial charge in [-0.25, -0.2) is 0 Å². The second kappa shape index (κ2) is 17.9. The first-order chi connectivity index (χ1) is 28.3. The van der Waals surface area contributed by atoms with E-state index in [4.69, 9.17) is 9.47 Å². The van der Waals surface area contributed by atoms with Gasteiger partial charge in [0, 0.05) is 17.9 Å². The number of nitrogens with zero attached hydrogens (tertiary/aromatic N) is 1. The van der Waals surface area contributed by atoms with E-state index in [1.807, 2.05) is 18.2 Å². The quantitative estimate of drug-likeness (QED) is 0.0921. The zero-order valence-corrected chi connectivity index (χ0v) is 37.3. The van der Waals surface area contributed by atoms with Crippen LogP contribution in [-0.4, -0.2) is 39.3 Å². The summed E-state index contributed by atoms with van der Waals surface area (Å²) in [6.07, 6.45) is -4.51. The van der Waals surface area contributed by atoms with Gasteiger partial charge in [-0.2, -0.15) is 26.3 Å². The molecule has 0 bridgehead atoms. The van der Waals surface area contributed by atoms with E-state index < -0.39 is 39.3 Å². The van der Waals surface area contributed by atoms with Gasteiger partial charge >= 0.3 is 12.4 Å². The van der Waals surface area contributed by atoms with Crippen LogP contribution in [0, 0.1) is 33.6 Å². The molecule has 5 aromatic rings. The molecule has 0 spiro atoms. The van der Waals surface area contributed by atoms with Crippen molar-refractivity contribution < 1.29 is 35.8 Å². The number of hydrogen-bond donors (Lipinski definition) is 0. The summed E-state index contributed by atoms with van der Waals surface area (Å²) in [6.45, 7) is 12.6. The minimum atomic E-state index is -4.54. The summed E-state index contributed by atoms with van der Waals surface area (Å²) >= 11 is 0. The second-order valence-corrected chi connectivity index (χ2v) is 20.1. The Balaban J connectivity index is 1.63. The lowest BCUT2D eigenvalue weighted by Gasteiger charge is -2.34. The van der Waals surface area contributed by atoms with Crippen molar-refractivity contribution in [2.75, 3.05) is 28.3 Å². The topological polar surface area (TPSA) is 21.7 Å². The molecular weight excluding hydrogens is 810 g/mol. The smallest absolute Gasteiger partial charge is 0.416 e. The molecule has 1 aliphatic rings. The van der Waals surface area contributed by atoms with Crippen LogP contribution in [0.3, 0.4) is 0 Å². The summed E-state index contributed by atoms with van der Waals surface area (Å²) < 4.78 is 94.5. The van der Waals surface area contributed by atoms with E-state index in [1.165, 1.54) is 35.2 Å². The lowest BCUT2D eigenvalue weighted by atomic mass is 9.83. The molecule has 0 heterocycles. The van der Waals surface area contributed by atoms with E-state index >= 15 is 0 Å². The largest absolute Gasteiger partial charge is 0.496 e. The van der Waals surface area contributed by atoms with E-state index in [0.29, 0.717) is 10.6 Å². The molecule has 0 saturated heterocycles. The van der Waals surface area contributed by atoms with Crippen LogP contribution >= 0.6 is 15.8 Å². The Hall–Kier alpha value is -4.42. The third-order valence-electron chi connectivity index (χ3n) is 11.5. The second-order valence-electron chi connectivity index (χ2n) is 15.7. The number of halogens is 6. The maximum atomic E-state index is 13.8. The van der Waals surface area contributed by atoms with Crippen molar-refractivity contribution in [1.29, 1.82) is 0 Å². The summed E-state index contributed by atoms with van der Waals surface area (Å²) in [5, 5.41) is 5.60. The number of alkyl halides is 6. The van der Waals surface area contributed by atoms with E-state index in [-0.39, 0.29) is 17.9 Å². The Morgan fingerprint density at radius 3 is 1.38 bits per heavy atom. The van der Waals surface area contributed by atoms with E-state index in [1.54, 1.807) is 14.2 Å². The van der Waals surface area contributed by atoms with Crippen LogP contribution < -0.4 is 36.0 Å². The highest BCUT2D eigenvalue weighted by Gasteiger charge is 2.37. The number of benzene rings is 5. The minimum absolute atomic E-state index is 0.00712. The Bertz CT molecular complexity index is 2240. The molecule has 1 aliphatic carbocycles. The van der Waals surface area contributed by atoms with Crippen LogP contribution in [0.25, 0.3) is 0 Å². The summed E-state index contributed by atoms with van der Waals surface area (Å²) in [7, 11) is 4.72. The van der Waals surface area contributed by atoms with Gasteiger partial charge in [0.15, 0.2) is 0 Å². The predicted molar refractivity (Wildman–Crippen MR) is 237 cm³/mol. The lowest BCUT2D eigenvalue weighted by molar-refractivity contribution is -0.138. The number of allylic oxidation sites excluding steroid dienone is 2. The number of rotatable bonds is 12. The maximum absolute atomic E-state index is 13.8. The number of aryl methyl sites for hydroxylation is 4. The first kappa shape index (κ1) is 45.1. The maximum Gasteiger partial charge on any atom is 0.416 e. The molecule has 0 amide bonds. The Labute approximate surface area is 352 Å². The van der Waals surface area contributed by atoms with Crippen molar-refractivity contribution in [3.63, 3.8) is 0 Å². The van der Waals surface area contributed by atoms with E-state index in [2.05, 4.69) is 103 Å². The Morgan fingerprint density at radius 2 is 1.00 bits per heavy atom. The van der Waals surface area contributed by atoms with Gasteiger partial charge in [-0.1, -0.05) is 67.6 Å². The zero-order valence-electron chi connectivity index (χ0n) is 35.6. The van der Waals surface area contributed by atoms with Crippen molar-refractivity contribution in [3.05, 3.63) is 159 Å². The average Bonchev–Trinajstić information content (AvgIpc) is 3.61. The van der Waals surface area contributed by atoms with Gasteiger partial charge in [0.05, 0.1) is 25.3 Å². The van der Waals surface area contributed by atoms with Gasteiger partial charge in [0.25, 0.3) is 0 Å². The molecule has 3 nitrogen and oxygen atoms in total. The zero-order chi connectivity index (χ0) is 43.8. The van der Waals surface area contributed by atoms with Gasteiger partial charge in [-0.3, -0.25) is 0 Å². The normalized spacial score (nSPS) is 15.7. The van der Waals surface area contributed by atoms with Crippen LogP contribution in [0.2, 0.25) is 0 Å². The highest BCUT2D eigenvalue weighted by Crippen LogP contribution is 2.55. The highest BCUT2D eigenvalue weighted by molar-refractivity contribution is 7.80. The van der Waals surface area contributed by atoms with Gasteiger partial charge in [0.1, 0.15) is 11.5 Å². The standard InChI is InChI=1S/C49H51F6NO2P2/c1-29-25-39(26-30(2)46(29)57-9)60(40-27-31(3)47(58-10)32(4)28-40)44-24-23-42(34(6)56(7)8)45(44)33(5)41-13-11-12-14-43(41)59(37-19-15-35(16-20-37)48(50,51)52)38-21-17-36(18-22-38)49(53,54)55/h11-28,33-34,42H,1-10H3/t33?,34-,42?/m1/s1. The van der Waals surface area contributed by atoms with Crippen LogP contribution in [0.15, 0.2) is 120 Å². The molecule has 3 atom stereocenters. The molecular formula is C49H51F6NO2P2. The van der Waals surface area contributed by atoms with Crippen LogP contribution in [0.5, 0.6) is 11.5 Å². The fourth-order valence-corrected chi connectivity index (χ4v) is 13.9. The molecule has 0 aliphatic heterocycles. The third kappa shape index (κ3) is 9.10. The number of ether oxygens (including phenoxy) is 2. The fraction of sp³-hybridized carbons (Fsp3) is 0.306. The van der Waals surface area contributed by atoms with Crippen LogP contribution in [0.4, 0.5) is 26.3 Å². The molecule has 2 unspecified atom stereocenters. The van der Waals surface area contributed by atoms with Crippen molar-refractivity contribution >= 4 is 42.4 Å². The summed E-state index contributed by atoms with van der Waals surface area (Å²) in [5.74, 6) is 1.46. The third-order valence-corrected chi connectivity index (χ3v) is 16.5. The van der Waals surface area contributed by atoms with E-state index in [0.717, 1.165) is 79.5 Å². The minimum Gasteiger partial charge on any atom is -0.496 e. The van der Waals surface area contributed by atoms with Gasteiger partial charge in [-0.05, 0) is 178 Å². The summed E-state index contributed by atoms with van der Waals surface area (Å²) in [6, 6.07) is 27.0. The van der Waals surface area contributed by atoms with Gasteiger partial charge in [0.2, 0.25) is 0 Å². The van der Waals surface area contributed by atoms with Crippen LogP contribution in [-0.2, 0) is 12.4 Å². The Morgan fingerprint density at radius 1 is 0.583 bits per heavy atom. The van der Waals surface area contributed by atoms with Crippen LogP contribution in [0.1, 0.15) is 58.7 Å². The van der Waals surface area contributed by atoms with Crippen molar-refractivity contribution in [1.82, 2.24) is 4.90 Å². The molecule has 0 fully saturated rings. The first-order valence-corrected chi connectivity index (χ1v) is 22.4. The van der Waals surface area contributed by atoms with E-state index in [9.17, 15) is 26.3 Å². The SMILES string of the molecule is COc1c(C)cc(P(C2=C(C(C)c3ccccc3P(c3ccc(C(F)(F)F)cc3)c3ccc(C(F)(F)F)cc3)C([C@@H](C)N(C)C)C=C2)c2cc(C)c(OC)c(C)c2)cc1C. The summed E-state index contributed by atoms with van der Waals surface area (Å²) in [4.78, 5) is 2.21. The molecule has 0 aromatic heterocycles. The molecule has 0 saturated carbocycles. The molecule has 11 heteroatoms. The summed E-state index contributed by atoms with van der Waals surface area (Å²) in [5.41, 5.74) is 4.73. The highest BCUT2D eigenvalue weighted by atomic mass is 31.1. The molecule has 5 aromatic carbocycles. The molecule has 60 heavy (non-hydrogen) atoms. The van der Waals surface area contributed by atoms with Crippen molar-refractivity contribution in [2.24, 2.45) is 5.92 Å². The first-order valence-electron chi connectivity index (χ1n) is 19.7. The molecule has 316 valence electrons. The fourth-order valence-electron chi connectivity index (χ4n) is 8.46. The monoisotopic (exact) mass is 861 g/mol. The van der Waals surface area contributed by atoms with Gasteiger partial charge in [-0.15, -0.1) is 0 Å². The Kier molecular flexibility index (Phi) is 13.5. The number of hydrogen-bond acceptors (Lipinski definition) is 3. The average molecular weight is 862 g/mol. The molecule has 0 N–H and O–H groups in total.